The predicted octanol–water partition coefficient (Wildman–Crippen LogP) is 2.37. The van der Waals surface area contributed by atoms with Crippen molar-refractivity contribution in [1.29, 1.82) is 0 Å². The fourth-order valence-corrected chi connectivity index (χ4v) is 5.03. The van der Waals surface area contributed by atoms with Crippen molar-refractivity contribution in [3.63, 3.8) is 0 Å². The minimum atomic E-state index is -0.379. The lowest BCUT2D eigenvalue weighted by molar-refractivity contribution is -0.895. The van der Waals surface area contributed by atoms with Gasteiger partial charge in [-0.2, -0.15) is 0 Å². The topological polar surface area (TPSA) is 59.8 Å². The van der Waals surface area contributed by atoms with Gasteiger partial charge in [-0.05, 0) is 36.8 Å². The summed E-state index contributed by atoms with van der Waals surface area (Å²) in [4.78, 5) is 28.2. The van der Waals surface area contributed by atoms with E-state index in [4.69, 9.17) is 4.74 Å². The van der Waals surface area contributed by atoms with Gasteiger partial charge in [0.05, 0.1) is 36.4 Å². The fraction of sp³-hybridized carbons (Fsp3) is 0.368. The van der Waals surface area contributed by atoms with Gasteiger partial charge in [-0.15, -0.1) is 23.1 Å². The smallest absolute Gasteiger partial charge is 0.341 e. The van der Waals surface area contributed by atoms with Crippen LogP contribution in [0.5, 0.6) is 0 Å². The van der Waals surface area contributed by atoms with Crippen molar-refractivity contribution in [1.82, 2.24) is 0 Å². The minimum absolute atomic E-state index is 0.182. The Bertz CT molecular complexity index is 836. The number of hydrogen-bond donors (Lipinski definition) is 2. The molecule has 1 aromatic carbocycles. The van der Waals surface area contributed by atoms with Crippen LogP contribution in [0.2, 0.25) is 0 Å². The third-order valence-corrected chi connectivity index (χ3v) is 6.43. The average Bonchev–Trinajstić information content (AvgIpc) is 2.98. The predicted molar refractivity (Wildman–Crippen MR) is 105 cm³/mol. The molecule has 1 aliphatic rings. The second-order valence-corrected chi connectivity index (χ2v) is 8.51. The Morgan fingerprint density at radius 2 is 2.07 bits per heavy atom. The number of thioether (sulfide) groups is 1. The summed E-state index contributed by atoms with van der Waals surface area (Å²) in [5, 5.41) is 3.45. The number of benzene rings is 1. The monoisotopic (exact) mass is 409 g/mol. The summed E-state index contributed by atoms with van der Waals surface area (Å²) in [5.74, 6) is -0.703. The number of ether oxygens (including phenoxy) is 1. The Morgan fingerprint density at radius 1 is 1.33 bits per heavy atom. The second-order valence-electron chi connectivity index (χ2n) is 6.35. The lowest BCUT2D eigenvalue weighted by atomic mass is 10.0. The van der Waals surface area contributed by atoms with Crippen LogP contribution < -0.4 is 10.2 Å². The molecule has 0 spiro atoms. The largest absolute Gasteiger partial charge is 0.462 e. The molecule has 0 bridgehead atoms. The highest BCUT2D eigenvalue weighted by Crippen LogP contribution is 2.35. The number of carbonyl (C=O) groups is 2. The van der Waals surface area contributed by atoms with Gasteiger partial charge in [0.25, 0.3) is 0 Å². The molecule has 1 atom stereocenters. The highest BCUT2D eigenvalue weighted by atomic mass is 32.2. The van der Waals surface area contributed by atoms with Crippen molar-refractivity contribution in [2.45, 2.75) is 24.8 Å². The highest BCUT2D eigenvalue weighted by Gasteiger charge is 2.30. The van der Waals surface area contributed by atoms with Crippen molar-refractivity contribution in [3.8, 4) is 0 Å². The highest BCUT2D eigenvalue weighted by molar-refractivity contribution is 8.00. The van der Waals surface area contributed by atoms with Gasteiger partial charge in [0.1, 0.15) is 17.4 Å². The molecule has 0 fully saturated rings. The van der Waals surface area contributed by atoms with Crippen LogP contribution in [0.1, 0.15) is 27.7 Å². The maximum absolute atomic E-state index is 13.0. The first kappa shape index (κ1) is 19.9. The van der Waals surface area contributed by atoms with Gasteiger partial charge in [-0.1, -0.05) is 0 Å². The molecule has 144 valence electrons. The van der Waals surface area contributed by atoms with E-state index in [-0.39, 0.29) is 23.4 Å². The van der Waals surface area contributed by atoms with E-state index in [1.807, 2.05) is 0 Å². The van der Waals surface area contributed by atoms with E-state index in [2.05, 4.69) is 12.4 Å². The molecule has 0 aliphatic carbocycles. The summed E-state index contributed by atoms with van der Waals surface area (Å²) in [5.41, 5.74) is 1.51. The van der Waals surface area contributed by atoms with Crippen LogP contribution in [0.4, 0.5) is 9.39 Å². The van der Waals surface area contributed by atoms with Gasteiger partial charge < -0.3 is 15.0 Å². The molecule has 1 unspecified atom stereocenters. The number of quaternary nitrogens is 1. The quantitative estimate of drug-likeness (QED) is 0.568. The second kappa shape index (κ2) is 8.86. The summed E-state index contributed by atoms with van der Waals surface area (Å²) in [6.07, 6.45) is 0.798. The van der Waals surface area contributed by atoms with E-state index < -0.39 is 0 Å². The standard InChI is InChI=1S/C19H21FN2O3S2/c1-3-25-19(24)17-14-8-9-22(2)10-15(14)27-18(17)21-16(23)11-26-13-6-4-12(20)5-7-13/h4-7H,3,8-11H2,1-2H3,(H,21,23)/p+1. The number of thiophene rings is 1. The van der Waals surface area contributed by atoms with E-state index in [1.165, 1.54) is 40.1 Å². The Kier molecular flexibility index (Phi) is 6.51. The maximum Gasteiger partial charge on any atom is 0.341 e. The van der Waals surface area contributed by atoms with Gasteiger partial charge in [-0.25, -0.2) is 9.18 Å². The normalized spacial score (nSPS) is 15.9. The lowest BCUT2D eigenvalue weighted by Crippen LogP contribution is -3.08. The summed E-state index contributed by atoms with van der Waals surface area (Å²) >= 11 is 2.78. The van der Waals surface area contributed by atoms with Crippen LogP contribution in [0.25, 0.3) is 0 Å². The number of esters is 1. The molecule has 0 saturated carbocycles. The zero-order chi connectivity index (χ0) is 19.4. The summed E-state index contributed by atoms with van der Waals surface area (Å²) in [7, 11) is 2.12. The van der Waals surface area contributed by atoms with Crippen molar-refractivity contribution in [2.24, 2.45) is 0 Å². The Morgan fingerprint density at radius 3 is 2.78 bits per heavy atom. The van der Waals surface area contributed by atoms with Gasteiger partial charge in [-0.3, -0.25) is 4.79 Å². The average molecular weight is 410 g/mol. The SMILES string of the molecule is CCOC(=O)c1c(NC(=O)CSc2ccc(F)cc2)sc2c1CC[NH+](C)C2. The van der Waals surface area contributed by atoms with Crippen LogP contribution in [0, 0.1) is 5.82 Å². The molecule has 3 rings (SSSR count). The minimum Gasteiger partial charge on any atom is -0.462 e. The third kappa shape index (κ3) is 4.88. The molecular weight excluding hydrogens is 387 g/mol. The number of hydrogen-bond acceptors (Lipinski definition) is 5. The van der Waals surface area contributed by atoms with Crippen LogP contribution in [-0.2, 0) is 22.5 Å². The zero-order valence-corrected chi connectivity index (χ0v) is 16.9. The van der Waals surface area contributed by atoms with Crippen LogP contribution in [0.3, 0.4) is 0 Å². The van der Waals surface area contributed by atoms with Crippen LogP contribution >= 0.6 is 23.1 Å². The van der Waals surface area contributed by atoms with Gasteiger partial charge in [0.2, 0.25) is 5.91 Å². The Hall–Kier alpha value is -1.90. The van der Waals surface area contributed by atoms with Gasteiger partial charge in [0, 0.05) is 11.3 Å². The number of halogens is 1. The van der Waals surface area contributed by atoms with Crippen molar-refractivity contribution >= 4 is 40.0 Å². The molecule has 1 aliphatic heterocycles. The number of nitrogens with one attached hydrogen (secondary N) is 2. The molecular formula is C19H22FN2O3S2+. The fourth-order valence-electron chi connectivity index (χ4n) is 2.97. The van der Waals surface area contributed by atoms with E-state index in [1.54, 1.807) is 19.1 Å². The molecule has 1 aromatic heterocycles. The van der Waals surface area contributed by atoms with Crippen molar-refractivity contribution in [2.75, 3.05) is 31.3 Å². The number of amides is 1. The molecule has 5 nitrogen and oxygen atoms in total. The molecule has 2 N–H and O–H groups in total. The lowest BCUT2D eigenvalue weighted by Gasteiger charge is -2.19. The Balaban J connectivity index is 1.73. The van der Waals surface area contributed by atoms with Gasteiger partial charge >= 0.3 is 5.97 Å². The molecule has 2 heterocycles. The molecule has 8 heteroatoms. The maximum atomic E-state index is 13.0. The first-order chi connectivity index (χ1) is 13.0. The number of likely N-dealkylation sites (N-methyl/N-ethyl adjacent to an activating group) is 1. The van der Waals surface area contributed by atoms with Crippen molar-refractivity contribution in [3.05, 3.63) is 46.1 Å². The number of rotatable bonds is 6. The number of carbonyl (C=O) groups excluding carboxylic acids is 2. The molecule has 0 radical (unpaired) electrons. The van der Waals surface area contributed by atoms with Crippen LogP contribution in [-0.4, -0.2) is 37.8 Å². The van der Waals surface area contributed by atoms with Gasteiger partial charge in [0.15, 0.2) is 0 Å². The van der Waals surface area contributed by atoms with Crippen LogP contribution in [0.15, 0.2) is 29.2 Å². The Labute approximate surface area is 165 Å². The zero-order valence-electron chi connectivity index (χ0n) is 15.3. The van der Waals surface area contributed by atoms with E-state index in [0.29, 0.717) is 17.2 Å². The summed E-state index contributed by atoms with van der Waals surface area (Å²) in [6, 6.07) is 6.01. The summed E-state index contributed by atoms with van der Waals surface area (Å²) < 4.78 is 18.2. The van der Waals surface area contributed by atoms with E-state index in [9.17, 15) is 14.0 Å². The summed E-state index contributed by atoms with van der Waals surface area (Å²) in [6.45, 7) is 3.85. The molecule has 1 amide bonds. The number of fused-ring (bicyclic) bond motifs is 1. The van der Waals surface area contributed by atoms with E-state index >= 15 is 0 Å². The van der Waals surface area contributed by atoms with E-state index in [0.717, 1.165) is 34.8 Å². The first-order valence-corrected chi connectivity index (χ1v) is 10.6. The third-order valence-electron chi connectivity index (χ3n) is 4.27. The number of anilines is 1. The molecule has 0 saturated heterocycles. The molecule has 2 aromatic rings. The van der Waals surface area contributed by atoms with Crippen molar-refractivity contribution < 1.29 is 23.6 Å². The first-order valence-electron chi connectivity index (χ1n) is 8.79. The molecule has 27 heavy (non-hydrogen) atoms.